The first-order chi connectivity index (χ1) is 10.1. The van der Waals surface area contributed by atoms with Gasteiger partial charge in [-0.25, -0.2) is 0 Å². The van der Waals surface area contributed by atoms with Crippen molar-refractivity contribution in [2.24, 2.45) is 0 Å². The number of carbonyl (C=O) groups is 1. The summed E-state index contributed by atoms with van der Waals surface area (Å²) in [5.41, 5.74) is 0.787. The van der Waals surface area contributed by atoms with Crippen LogP contribution in [0.1, 0.15) is 43.0 Å². The number of benzene rings is 1. The maximum Gasteiger partial charge on any atom is 0.255 e. The van der Waals surface area contributed by atoms with E-state index in [2.05, 4.69) is 55.7 Å². The highest BCUT2D eigenvalue weighted by molar-refractivity contribution is 14.1. The molecular weight excluding hydrogens is 443 g/mol. The lowest BCUT2D eigenvalue weighted by Gasteiger charge is -2.37. The first-order valence-electron chi connectivity index (χ1n) is 7.60. The van der Waals surface area contributed by atoms with Crippen molar-refractivity contribution in [2.75, 3.05) is 6.54 Å². The van der Waals surface area contributed by atoms with Crippen LogP contribution >= 0.6 is 38.5 Å². The number of amides is 1. The van der Waals surface area contributed by atoms with E-state index in [1.807, 2.05) is 18.2 Å². The second-order valence-electron chi connectivity index (χ2n) is 5.98. The van der Waals surface area contributed by atoms with E-state index >= 15 is 0 Å². The van der Waals surface area contributed by atoms with E-state index in [0.717, 1.165) is 33.0 Å². The largest absolute Gasteiger partial charge is 0.336 e. The predicted octanol–water partition coefficient (Wildman–Crippen LogP) is 3.80. The molecule has 0 radical (unpaired) electrons. The summed E-state index contributed by atoms with van der Waals surface area (Å²) in [6.45, 7) is 2.87. The number of hydrogen-bond acceptors (Lipinski definition) is 2. The minimum Gasteiger partial charge on any atom is -0.336 e. The molecule has 114 valence electrons. The Morgan fingerprint density at radius 3 is 2.67 bits per heavy atom. The molecule has 2 bridgehead atoms. The fraction of sp³-hybridized carbons (Fsp3) is 0.562. The van der Waals surface area contributed by atoms with Crippen molar-refractivity contribution in [1.82, 2.24) is 10.2 Å². The van der Waals surface area contributed by atoms with Crippen LogP contribution in [-0.4, -0.2) is 35.5 Å². The Labute approximate surface area is 148 Å². The molecule has 1 aromatic rings. The number of halogens is 2. The molecule has 0 spiro atoms. The summed E-state index contributed by atoms with van der Waals surface area (Å²) in [4.78, 5) is 15.0. The average Bonchev–Trinajstić information content (AvgIpc) is 2.81. The highest BCUT2D eigenvalue weighted by Crippen LogP contribution is 2.31. The van der Waals surface area contributed by atoms with Crippen LogP contribution in [0, 0.1) is 3.57 Å². The second-order valence-corrected chi connectivity index (χ2v) is 8.08. The zero-order valence-electron chi connectivity index (χ0n) is 12.1. The van der Waals surface area contributed by atoms with Gasteiger partial charge in [-0.2, -0.15) is 0 Å². The molecule has 2 atom stereocenters. The molecule has 2 aliphatic rings. The summed E-state index contributed by atoms with van der Waals surface area (Å²) in [6.07, 6.45) is 4.72. The van der Waals surface area contributed by atoms with E-state index in [-0.39, 0.29) is 5.91 Å². The van der Waals surface area contributed by atoms with E-state index in [1.165, 1.54) is 12.8 Å². The van der Waals surface area contributed by atoms with E-state index in [4.69, 9.17) is 0 Å². The fourth-order valence-electron chi connectivity index (χ4n) is 3.67. The third kappa shape index (κ3) is 3.29. The number of hydrogen-bond donors (Lipinski definition) is 1. The van der Waals surface area contributed by atoms with E-state index in [1.54, 1.807) is 0 Å². The van der Waals surface area contributed by atoms with Crippen molar-refractivity contribution in [2.45, 2.75) is 50.7 Å². The minimum absolute atomic E-state index is 0.161. The molecule has 3 nitrogen and oxygen atoms in total. The number of rotatable bonds is 3. The van der Waals surface area contributed by atoms with E-state index in [0.29, 0.717) is 18.1 Å². The van der Waals surface area contributed by atoms with Gasteiger partial charge >= 0.3 is 0 Å². The number of piperidine rings is 1. The van der Waals surface area contributed by atoms with Crippen molar-refractivity contribution < 1.29 is 4.79 Å². The smallest absolute Gasteiger partial charge is 0.255 e. The average molecular weight is 463 g/mol. The minimum atomic E-state index is 0.161. The molecule has 1 N–H and O–H groups in total. The Morgan fingerprint density at radius 2 is 2.05 bits per heavy atom. The number of carbonyl (C=O) groups excluding carboxylic acids is 1. The van der Waals surface area contributed by atoms with Crippen LogP contribution < -0.4 is 5.32 Å². The Balaban J connectivity index is 1.82. The maximum atomic E-state index is 13.0. The summed E-state index contributed by atoms with van der Waals surface area (Å²) in [5.74, 6) is 0.161. The number of nitrogens with zero attached hydrogens (tertiary/aromatic N) is 1. The van der Waals surface area contributed by atoms with Gasteiger partial charge < -0.3 is 10.2 Å². The van der Waals surface area contributed by atoms with Crippen molar-refractivity contribution in [1.29, 1.82) is 0 Å². The molecule has 0 aliphatic carbocycles. The molecule has 0 aromatic heterocycles. The lowest BCUT2D eigenvalue weighted by atomic mass is 9.97. The van der Waals surface area contributed by atoms with Crippen LogP contribution in [0.4, 0.5) is 0 Å². The third-order valence-electron chi connectivity index (χ3n) is 4.65. The van der Waals surface area contributed by atoms with Crippen LogP contribution in [0.3, 0.4) is 0 Å². The van der Waals surface area contributed by atoms with Crippen molar-refractivity contribution >= 4 is 44.4 Å². The quantitative estimate of drug-likeness (QED) is 0.693. The predicted molar refractivity (Wildman–Crippen MR) is 96.5 cm³/mol. The molecule has 2 saturated heterocycles. The molecule has 2 heterocycles. The lowest BCUT2D eigenvalue weighted by Crippen LogP contribution is -2.50. The first kappa shape index (κ1) is 15.7. The van der Waals surface area contributed by atoms with Gasteiger partial charge in [0.25, 0.3) is 5.91 Å². The van der Waals surface area contributed by atoms with Crippen LogP contribution in [0.5, 0.6) is 0 Å². The number of nitrogens with one attached hydrogen (secondary N) is 1. The van der Waals surface area contributed by atoms with Gasteiger partial charge in [0, 0.05) is 32.7 Å². The lowest BCUT2D eigenvalue weighted by molar-refractivity contribution is 0.0630. The monoisotopic (exact) mass is 462 g/mol. The zero-order valence-corrected chi connectivity index (χ0v) is 15.9. The summed E-state index contributed by atoms with van der Waals surface area (Å²) in [5, 5.41) is 3.65. The van der Waals surface area contributed by atoms with Gasteiger partial charge in [0.05, 0.1) is 5.56 Å². The first-order valence-corrected chi connectivity index (χ1v) is 9.47. The summed E-state index contributed by atoms with van der Waals surface area (Å²) < 4.78 is 1.99. The summed E-state index contributed by atoms with van der Waals surface area (Å²) >= 11 is 5.79. The molecule has 2 aliphatic heterocycles. The Bertz CT molecular complexity index is 539. The van der Waals surface area contributed by atoms with Gasteiger partial charge in [-0.3, -0.25) is 4.79 Å². The molecular formula is C16H20BrIN2O. The SMILES string of the molecule is CCN(C(=O)c1cc(I)ccc1Br)C1CC2CCC(C1)N2. The molecule has 5 heteroatoms. The Kier molecular flexibility index (Phi) is 4.90. The van der Waals surface area contributed by atoms with Crippen molar-refractivity contribution in [3.05, 3.63) is 31.8 Å². The number of fused-ring (bicyclic) bond motifs is 2. The van der Waals surface area contributed by atoms with Gasteiger partial charge in [-0.1, -0.05) is 0 Å². The molecule has 2 unspecified atom stereocenters. The topological polar surface area (TPSA) is 32.3 Å². The van der Waals surface area contributed by atoms with Crippen molar-refractivity contribution in [3.8, 4) is 0 Å². The molecule has 1 aromatic carbocycles. The van der Waals surface area contributed by atoms with Gasteiger partial charge in [0.1, 0.15) is 0 Å². The molecule has 2 fully saturated rings. The van der Waals surface area contributed by atoms with Crippen molar-refractivity contribution in [3.63, 3.8) is 0 Å². The highest BCUT2D eigenvalue weighted by atomic mass is 127. The normalized spacial score (nSPS) is 27.7. The van der Waals surface area contributed by atoms with Gasteiger partial charge in [-0.05, 0) is 89.3 Å². The molecule has 21 heavy (non-hydrogen) atoms. The maximum absolute atomic E-state index is 13.0. The Morgan fingerprint density at radius 1 is 1.38 bits per heavy atom. The third-order valence-corrected chi connectivity index (χ3v) is 6.01. The highest BCUT2D eigenvalue weighted by Gasteiger charge is 2.37. The van der Waals surface area contributed by atoms with Crippen LogP contribution in [0.2, 0.25) is 0 Å². The fourth-order valence-corrected chi connectivity index (χ4v) is 4.57. The molecule has 0 saturated carbocycles. The van der Waals surface area contributed by atoms with Gasteiger partial charge in [0.15, 0.2) is 0 Å². The van der Waals surface area contributed by atoms with Gasteiger partial charge in [-0.15, -0.1) is 0 Å². The summed E-state index contributed by atoms with van der Waals surface area (Å²) in [7, 11) is 0. The van der Waals surface area contributed by atoms with Crippen LogP contribution in [-0.2, 0) is 0 Å². The van der Waals surface area contributed by atoms with Crippen LogP contribution in [0.15, 0.2) is 22.7 Å². The zero-order chi connectivity index (χ0) is 15.0. The van der Waals surface area contributed by atoms with E-state index < -0.39 is 0 Å². The van der Waals surface area contributed by atoms with Crippen LogP contribution in [0.25, 0.3) is 0 Å². The Hall–Kier alpha value is -0.140. The standard InChI is InChI=1S/C16H20BrIN2O/c1-2-20(13-8-11-4-5-12(9-13)19-11)16(21)14-7-10(18)3-6-15(14)17/h3,6-7,11-13,19H,2,4-5,8-9H2,1H3. The molecule has 1 amide bonds. The van der Waals surface area contributed by atoms with E-state index in [9.17, 15) is 4.79 Å². The van der Waals surface area contributed by atoms with Gasteiger partial charge in [0.2, 0.25) is 0 Å². The molecule has 3 rings (SSSR count). The second kappa shape index (κ2) is 6.54. The summed E-state index contributed by atoms with van der Waals surface area (Å²) in [6, 6.07) is 7.55.